The summed E-state index contributed by atoms with van der Waals surface area (Å²) in [6, 6.07) is 17.9. The minimum absolute atomic E-state index is 0.303. The lowest BCUT2D eigenvalue weighted by Gasteiger charge is -2.34. The molecular weight excluding hydrogens is 360 g/mol. The van der Waals surface area contributed by atoms with E-state index in [1.165, 1.54) is 28.2 Å². The molecule has 1 unspecified atom stereocenters. The third-order valence-corrected chi connectivity index (χ3v) is 5.88. The van der Waals surface area contributed by atoms with Crippen molar-refractivity contribution in [3.63, 3.8) is 0 Å². The van der Waals surface area contributed by atoms with Gasteiger partial charge in [0.25, 0.3) is 0 Å². The molecule has 0 bridgehead atoms. The van der Waals surface area contributed by atoms with Gasteiger partial charge in [-0.15, -0.1) is 0 Å². The van der Waals surface area contributed by atoms with Crippen molar-refractivity contribution in [2.45, 2.75) is 25.2 Å². The van der Waals surface area contributed by atoms with Crippen molar-refractivity contribution in [2.75, 3.05) is 10.8 Å². The highest BCUT2D eigenvalue weighted by molar-refractivity contribution is 8.00. The number of halogens is 2. The second-order valence-corrected chi connectivity index (χ2v) is 8.34. The summed E-state index contributed by atoms with van der Waals surface area (Å²) < 4.78 is 30.2. The molecule has 1 aliphatic rings. The second-order valence-electron chi connectivity index (χ2n) is 7.25. The van der Waals surface area contributed by atoms with Gasteiger partial charge in [-0.05, 0) is 84.3 Å². The smallest absolute Gasteiger partial charge is 0.131 e. The van der Waals surface area contributed by atoms with Gasteiger partial charge in [0.2, 0.25) is 0 Å². The summed E-state index contributed by atoms with van der Waals surface area (Å²) in [5, 5.41) is 0. The molecule has 27 heavy (non-hydrogen) atoms. The lowest BCUT2D eigenvalue weighted by molar-refractivity contribution is 0.576. The summed E-state index contributed by atoms with van der Waals surface area (Å²) in [6.07, 6.45) is 0.992. The molecule has 3 aromatic rings. The average Bonchev–Trinajstić information content (AvgIpc) is 2.63. The van der Waals surface area contributed by atoms with Crippen LogP contribution in [0.2, 0.25) is 0 Å². The molecule has 0 radical (unpaired) electrons. The Kier molecular flexibility index (Phi) is 4.92. The fourth-order valence-corrected chi connectivity index (χ4v) is 4.79. The van der Waals surface area contributed by atoms with Gasteiger partial charge >= 0.3 is 0 Å². The van der Waals surface area contributed by atoms with E-state index in [1.807, 2.05) is 12.1 Å². The standard InChI is InChI=1S/C23H21F2NS/c1-15-4-3-5-20(11-15)27-26-14-16(2)10-18-7-6-17(12-23(18)26)21-13-19(24)8-9-22(21)25/h3-9,11-13,16H,10,14H2,1-2H3. The monoisotopic (exact) mass is 381 g/mol. The molecule has 1 heterocycles. The van der Waals surface area contributed by atoms with E-state index in [0.29, 0.717) is 17.0 Å². The number of hydrogen-bond donors (Lipinski definition) is 0. The van der Waals surface area contributed by atoms with Gasteiger partial charge in [-0.1, -0.05) is 31.2 Å². The van der Waals surface area contributed by atoms with E-state index in [1.54, 1.807) is 11.9 Å². The summed E-state index contributed by atoms with van der Waals surface area (Å²) in [5.41, 5.74) is 4.56. The molecule has 0 spiro atoms. The van der Waals surface area contributed by atoms with Crippen LogP contribution in [0.15, 0.2) is 65.6 Å². The highest BCUT2D eigenvalue weighted by Gasteiger charge is 2.24. The van der Waals surface area contributed by atoms with Crippen molar-refractivity contribution in [1.29, 1.82) is 0 Å². The molecule has 0 amide bonds. The van der Waals surface area contributed by atoms with Crippen molar-refractivity contribution in [3.05, 3.63) is 83.4 Å². The van der Waals surface area contributed by atoms with E-state index >= 15 is 0 Å². The van der Waals surface area contributed by atoms with Crippen molar-refractivity contribution in [1.82, 2.24) is 0 Å². The Hall–Kier alpha value is -2.33. The van der Waals surface area contributed by atoms with E-state index in [-0.39, 0.29) is 0 Å². The molecule has 4 heteroatoms. The van der Waals surface area contributed by atoms with Crippen molar-refractivity contribution >= 4 is 17.6 Å². The quantitative estimate of drug-likeness (QED) is 0.468. The Morgan fingerprint density at radius 1 is 1.00 bits per heavy atom. The number of nitrogens with zero attached hydrogens (tertiary/aromatic N) is 1. The molecule has 0 N–H and O–H groups in total. The normalized spacial score (nSPS) is 16.3. The first kappa shape index (κ1) is 18.1. The van der Waals surface area contributed by atoms with E-state index in [9.17, 15) is 8.78 Å². The van der Waals surface area contributed by atoms with Crippen LogP contribution in [0.3, 0.4) is 0 Å². The van der Waals surface area contributed by atoms with Crippen LogP contribution >= 0.6 is 11.9 Å². The molecule has 1 nitrogen and oxygen atoms in total. The largest absolute Gasteiger partial charge is 0.312 e. The van der Waals surface area contributed by atoms with Crippen molar-refractivity contribution in [3.8, 4) is 11.1 Å². The fourth-order valence-electron chi connectivity index (χ4n) is 3.56. The van der Waals surface area contributed by atoms with Crippen LogP contribution in [-0.4, -0.2) is 6.54 Å². The Labute approximate surface area is 163 Å². The van der Waals surface area contributed by atoms with Crippen molar-refractivity contribution < 1.29 is 8.78 Å². The Morgan fingerprint density at radius 3 is 2.67 bits per heavy atom. The number of aryl methyl sites for hydroxylation is 1. The summed E-state index contributed by atoms with van der Waals surface area (Å²) in [6.45, 7) is 5.25. The van der Waals surface area contributed by atoms with E-state index in [2.05, 4.69) is 48.5 Å². The number of fused-ring (bicyclic) bond motifs is 1. The summed E-state index contributed by atoms with van der Waals surface area (Å²) in [4.78, 5) is 1.18. The number of anilines is 1. The topological polar surface area (TPSA) is 3.24 Å². The zero-order valence-corrected chi connectivity index (χ0v) is 16.2. The first-order chi connectivity index (χ1) is 13.0. The highest BCUT2D eigenvalue weighted by Crippen LogP contribution is 2.40. The molecule has 0 aromatic heterocycles. The molecule has 0 fully saturated rings. The summed E-state index contributed by atoms with van der Waals surface area (Å²) in [7, 11) is 0. The third-order valence-electron chi connectivity index (χ3n) is 4.84. The lowest BCUT2D eigenvalue weighted by Crippen LogP contribution is -2.28. The maximum atomic E-state index is 14.3. The molecule has 1 aliphatic heterocycles. The van der Waals surface area contributed by atoms with Crippen LogP contribution in [0.5, 0.6) is 0 Å². The van der Waals surface area contributed by atoms with Gasteiger partial charge in [-0.2, -0.15) is 0 Å². The predicted molar refractivity (Wildman–Crippen MR) is 109 cm³/mol. The van der Waals surface area contributed by atoms with Crippen LogP contribution in [0.1, 0.15) is 18.1 Å². The van der Waals surface area contributed by atoms with Crippen LogP contribution < -0.4 is 4.31 Å². The zero-order valence-electron chi connectivity index (χ0n) is 15.4. The molecule has 0 saturated carbocycles. The number of hydrogen-bond acceptors (Lipinski definition) is 2. The van der Waals surface area contributed by atoms with Gasteiger partial charge in [-0.3, -0.25) is 0 Å². The van der Waals surface area contributed by atoms with Crippen LogP contribution in [-0.2, 0) is 6.42 Å². The molecule has 0 aliphatic carbocycles. The molecule has 0 saturated heterocycles. The zero-order chi connectivity index (χ0) is 19.0. The first-order valence-electron chi connectivity index (χ1n) is 9.10. The average molecular weight is 381 g/mol. The van der Waals surface area contributed by atoms with E-state index < -0.39 is 11.6 Å². The maximum Gasteiger partial charge on any atom is 0.131 e. The SMILES string of the molecule is Cc1cccc(SN2CC(C)Cc3ccc(-c4cc(F)ccc4F)cc32)c1. The van der Waals surface area contributed by atoms with E-state index in [4.69, 9.17) is 0 Å². The van der Waals surface area contributed by atoms with Gasteiger partial charge in [0.15, 0.2) is 0 Å². The Morgan fingerprint density at radius 2 is 1.85 bits per heavy atom. The highest BCUT2D eigenvalue weighted by atomic mass is 32.2. The minimum Gasteiger partial charge on any atom is -0.312 e. The Bertz CT molecular complexity index is 986. The molecular formula is C23H21F2NS. The number of benzene rings is 3. The summed E-state index contributed by atoms with van der Waals surface area (Å²) in [5.74, 6) is -0.297. The molecule has 138 valence electrons. The first-order valence-corrected chi connectivity index (χ1v) is 9.87. The number of rotatable bonds is 3. The van der Waals surface area contributed by atoms with Gasteiger partial charge < -0.3 is 4.31 Å². The predicted octanol–water partition coefficient (Wildman–Crippen LogP) is 6.65. The van der Waals surface area contributed by atoms with Gasteiger partial charge in [0, 0.05) is 17.0 Å². The fraction of sp³-hybridized carbons (Fsp3) is 0.217. The van der Waals surface area contributed by atoms with E-state index in [0.717, 1.165) is 24.7 Å². The van der Waals surface area contributed by atoms with Gasteiger partial charge in [-0.25, -0.2) is 8.78 Å². The van der Waals surface area contributed by atoms with Crippen LogP contribution in [0.25, 0.3) is 11.1 Å². The maximum absolute atomic E-state index is 14.3. The van der Waals surface area contributed by atoms with Crippen LogP contribution in [0.4, 0.5) is 14.5 Å². The second kappa shape index (κ2) is 7.35. The third kappa shape index (κ3) is 3.86. The van der Waals surface area contributed by atoms with Gasteiger partial charge in [0.05, 0.1) is 5.69 Å². The van der Waals surface area contributed by atoms with Crippen LogP contribution in [0, 0.1) is 24.5 Å². The lowest BCUT2D eigenvalue weighted by atomic mass is 9.93. The van der Waals surface area contributed by atoms with Crippen molar-refractivity contribution in [2.24, 2.45) is 5.92 Å². The summed E-state index contributed by atoms with van der Waals surface area (Å²) >= 11 is 1.70. The minimum atomic E-state index is -0.427. The Balaban J connectivity index is 1.74. The molecule has 4 rings (SSSR count). The molecule has 1 atom stereocenters. The molecule has 3 aromatic carbocycles. The van der Waals surface area contributed by atoms with Gasteiger partial charge in [0.1, 0.15) is 11.6 Å².